The van der Waals surface area contributed by atoms with E-state index in [1.54, 1.807) is 12.1 Å². The van der Waals surface area contributed by atoms with Crippen molar-refractivity contribution in [3.63, 3.8) is 0 Å². The second-order valence-corrected chi connectivity index (χ2v) is 5.42. The molecule has 4 heteroatoms. The quantitative estimate of drug-likeness (QED) is 0.605. The lowest BCUT2D eigenvalue weighted by Crippen LogP contribution is -2.24. The van der Waals surface area contributed by atoms with Gasteiger partial charge in [-0.25, -0.2) is 4.79 Å². The highest BCUT2D eigenvalue weighted by atomic mass is 79.9. The fourth-order valence-electron chi connectivity index (χ4n) is 1.14. The molecule has 0 spiro atoms. The third-order valence-corrected chi connectivity index (χ3v) is 2.77. The highest BCUT2D eigenvalue weighted by Crippen LogP contribution is 2.22. The number of hydrogen-bond donors (Lipinski definition) is 0. The molecule has 0 aliphatic carbocycles. The van der Waals surface area contributed by atoms with Gasteiger partial charge in [-0.15, -0.1) is 0 Å². The smallest absolute Gasteiger partial charge is 0.340 e. The first-order valence-corrected chi connectivity index (χ1v) is 6.41. The molecule has 2 nitrogen and oxygen atoms in total. The Morgan fingerprint density at radius 2 is 2.06 bits per heavy atom. The highest BCUT2D eigenvalue weighted by molar-refractivity contribution is 9.08. The summed E-state index contributed by atoms with van der Waals surface area (Å²) in [7, 11) is 0. The average Bonchev–Trinajstić information content (AvgIpc) is 2.14. The number of carbonyl (C=O) groups is 1. The molecule has 0 amide bonds. The van der Waals surface area contributed by atoms with Gasteiger partial charge in [0.1, 0.15) is 5.60 Å². The van der Waals surface area contributed by atoms with Crippen LogP contribution in [-0.4, -0.2) is 11.6 Å². The first-order chi connectivity index (χ1) is 7.33. The van der Waals surface area contributed by atoms with Crippen molar-refractivity contribution in [2.24, 2.45) is 0 Å². The van der Waals surface area contributed by atoms with Crippen molar-refractivity contribution in [2.45, 2.75) is 31.7 Å². The molecule has 88 valence electrons. The van der Waals surface area contributed by atoms with Crippen LogP contribution in [0.15, 0.2) is 18.2 Å². The van der Waals surface area contributed by atoms with Gasteiger partial charge in [0.25, 0.3) is 0 Å². The topological polar surface area (TPSA) is 26.3 Å². The van der Waals surface area contributed by atoms with Crippen LogP contribution in [0.4, 0.5) is 0 Å². The van der Waals surface area contributed by atoms with Crippen molar-refractivity contribution < 1.29 is 9.53 Å². The van der Waals surface area contributed by atoms with Crippen LogP contribution < -0.4 is 0 Å². The molecule has 0 radical (unpaired) electrons. The van der Waals surface area contributed by atoms with Gasteiger partial charge in [-0.1, -0.05) is 33.6 Å². The van der Waals surface area contributed by atoms with Crippen LogP contribution >= 0.6 is 27.5 Å². The van der Waals surface area contributed by atoms with Crippen LogP contribution in [-0.2, 0) is 10.1 Å². The maximum atomic E-state index is 11.8. The van der Waals surface area contributed by atoms with Gasteiger partial charge in [-0.3, -0.25) is 0 Å². The number of ether oxygens (including phenoxy) is 1. The van der Waals surface area contributed by atoms with Gasteiger partial charge in [0.15, 0.2) is 0 Å². The molecule has 0 fully saturated rings. The predicted octanol–water partition coefficient (Wildman–Crippen LogP) is 4.19. The van der Waals surface area contributed by atoms with Crippen molar-refractivity contribution in [1.82, 2.24) is 0 Å². The van der Waals surface area contributed by atoms with Gasteiger partial charge in [0.05, 0.1) is 10.6 Å². The minimum Gasteiger partial charge on any atom is -0.456 e. The van der Waals surface area contributed by atoms with E-state index in [1.807, 2.05) is 26.8 Å². The molecule has 0 unspecified atom stereocenters. The molecule has 1 aromatic carbocycles. The first kappa shape index (κ1) is 13.5. The molecule has 0 saturated heterocycles. The number of esters is 1. The second kappa shape index (κ2) is 5.19. The Morgan fingerprint density at radius 3 is 2.50 bits per heavy atom. The fraction of sp³-hybridized carbons (Fsp3) is 0.417. The summed E-state index contributed by atoms with van der Waals surface area (Å²) in [6.45, 7) is 5.48. The normalized spacial score (nSPS) is 11.3. The zero-order valence-electron chi connectivity index (χ0n) is 9.51. The van der Waals surface area contributed by atoms with Gasteiger partial charge >= 0.3 is 5.97 Å². The lowest BCUT2D eigenvalue weighted by molar-refractivity contribution is 0.00698. The summed E-state index contributed by atoms with van der Waals surface area (Å²) >= 11 is 9.34. The number of alkyl halides is 1. The number of carbonyl (C=O) groups excluding carboxylic acids is 1. The molecule has 16 heavy (non-hydrogen) atoms. The Balaban J connectivity index is 2.93. The van der Waals surface area contributed by atoms with Crippen molar-refractivity contribution in [2.75, 3.05) is 0 Å². The lowest BCUT2D eigenvalue weighted by Gasteiger charge is -2.19. The predicted molar refractivity (Wildman–Crippen MR) is 69.3 cm³/mol. The van der Waals surface area contributed by atoms with E-state index >= 15 is 0 Å². The van der Waals surface area contributed by atoms with E-state index in [-0.39, 0.29) is 0 Å². The van der Waals surface area contributed by atoms with Gasteiger partial charge in [-0.05, 0) is 38.5 Å². The standard InChI is InChI=1S/C12H14BrClO2/c1-12(2,3)16-11(15)9-5-4-8(7-13)6-10(9)14/h4-6H,7H2,1-3H3. The van der Waals surface area contributed by atoms with E-state index in [0.717, 1.165) is 5.56 Å². The molecule has 0 heterocycles. The SMILES string of the molecule is CC(C)(C)OC(=O)c1ccc(CBr)cc1Cl. The van der Waals surface area contributed by atoms with Crippen LogP contribution in [0.2, 0.25) is 5.02 Å². The summed E-state index contributed by atoms with van der Waals surface area (Å²) in [5.74, 6) is -0.390. The molecule has 1 rings (SSSR count). The highest BCUT2D eigenvalue weighted by Gasteiger charge is 2.19. The second-order valence-electron chi connectivity index (χ2n) is 4.45. The van der Waals surface area contributed by atoms with Crippen LogP contribution in [0.25, 0.3) is 0 Å². The zero-order chi connectivity index (χ0) is 12.3. The summed E-state index contributed by atoms with van der Waals surface area (Å²) in [4.78, 5) is 11.8. The van der Waals surface area contributed by atoms with Gasteiger partial charge in [-0.2, -0.15) is 0 Å². The van der Waals surface area contributed by atoms with Crippen LogP contribution in [0.5, 0.6) is 0 Å². The molecular weight excluding hydrogens is 291 g/mol. The van der Waals surface area contributed by atoms with Crippen LogP contribution in [0.1, 0.15) is 36.7 Å². The lowest BCUT2D eigenvalue weighted by atomic mass is 10.1. The maximum Gasteiger partial charge on any atom is 0.340 e. The number of benzene rings is 1. The van der Waals surface area contributed by atoms with Crippen molar-refractivity contribution >= 4 is 33.5 Å². The van der Waals surface area contributed by atoms with E-state index in [4.69, 9.17) is 16.3 Å². The zero-order valence-corrected chi connectivity index (χ0v) is 11.9. The monoisotopic (exact) mass is 304 g/mol. The third kappa shape index (κ3) is 3.80. The molecule has 0 atom stereocenters. The van der Waals surface area contributed by atoms with E-state index < -0.39 is 11.6 Å². The van der Waals surface area contributed by atoms with Crippen molar-refractivity contribution in [1.29, 1.82) is 0 Å². The molecular formula is C12H14BrClO2. The van der Waals surface area contributed by atoms with Crippen LogP contribution in [0.3, 0.4) is 0 Å². The Labute approximate surface area is 109 Å². The Morgan fingerprint density at radius 1 is 1.44 bits per heavy atom. The van der Waals surface area contributed by atoms with E-state index in [2.05, 4.69) is 15.9 Å². The molecule has 0 N–H and O–H groups in total. The van der Waals surface area contributed by atoms with E-state index in [1.165, 1.54) is 0 Å². The third-order valence-electron chi connectivity index (χ3n) is 1.81. The summed E-state index contributed by atoms with van der Waals surface area (Å²) in [6, 6.07) is 5.29. The van der Waals surface area contributed by atoms with Gasteiger partial charge in [0, 0.05) is 5.33 Å². The molecule has 0 saturated carbocycles. The average molecular weight is 306 g/mol. The number of halogens is 2. The molecule has 0 aromatic heterocycles. The summed E-state index contributed by atoms with van der Waals surface area (Å²) < 4.78 is 5.24. The molecule has 0 aliphatic heterocycles. The maximum absolute atomic E-state index is 11.8. The minimum absolute atomic E-state index is 0.390. The minimum atomic E-state index is -0.505. The summed E-state index contributed by atoms with van der Waals surface area (Å²) in [6.07, 6.45) is 0. The Kier molecular flexibility index (Phi) is 4.39. The molecule has 1 aromatic rings. The summed E-state index contributed by atoms with van der Waals surface area (Å²) in [5, 5.41) is 1.13. The molecule has 0 aliphatic rings. The van der Waals surface area contributed by atoms with Crippen molar-refractivity contribution in [3.05, 3.63) is 34.3 Å². The Hall–Kier alpha value is -0.540. The Bertz CT molecular complexity index is 396. The van der Waals surface area contributed by atoms with Crippen molar-refractivity contribution in [3.8, 4) is 0 Å². The fourth-order valence-corrected chi connectivity index (χ4v) is 1.77. The van der Waals surface area contributed by atoms with Gasteiger partial charge in [0.2, 0.25) is 0 Å². The van der Waals surface area contributed by atoms with Crippen LogP contribution in [0, 0.1) is 0 Å². The molecule has 0 bridgehead atoms. The largest absolute Gasteiger partial charge is 0.456 e. The van der Waals surface area contributed by atoms with E-state index in [9.17, 15) is 4.79 Å². The number of hydrogen-bond acceptors (Lipinski definition) is 2. The summed E-state index contributed by atoms with van der Waals surface area (Å²) in [5.41, 5.74) is 0.924. The van der Waals surface area contributed by atoms with Gasteiger partial charge < -0.3 is 4.74 Å². The first-order valence-electron chi connectivity index (χ1n) is 4.91. The van der Waals surface area contributed by atoms with E-state index in [0.29, 0.717) is 15.9 Å². The number of rotatable bonds is 2.